The number of ether oxygens (including phenoxy) is 2. The average molecular weight is 445 g/mol. The standard InChI is InChI=1S/C23H32N4O3S/c1-29-19-11-9-17(10-12-19)22-25-26-23(27(22)16-20-8-5-14-30-20)31-15-13-21(28)24-18-6-3-2-4-7-18/h9-12,18,20H,2-8,13-16H2,1H3,(H,24,28). The highest BCUT2D eigenvalue weighted by molar-refractivity contribution is 7.99. The number of nitrogens with one attached hydrogen (secondary N) is 1. The van der Waals surface area contributed by atoms with Gasteiger partial charge in [0.05, 0.1) is 19.8 Å². The second kappa shape index (κ2) is 11.0. The van der Waals surface area contributed by atoms with E-state index in [1.54, 1.807) is 18.9 Å². The van der Waals surface area contributed by atoms with Gasteiger partial charge in [-0.2, -0.15) is 0 Å². The molecule has 1 saturated heterocycles. The quantitative estimate of drug-likeness (QED) is 0.588. The highest BCUT2D eigenvalue weighted by Crippen LogP contribution is 2.28. The first-order valence-electron chi connectivity index (χ1n) is 11.3. The number of thioether (sulfide) groups is 1. The summed E-state index contributed by atoms with van der Waals surface area (Å²) in [5.41, 5.74) is 0.994. The fraction of sp³-hybridized carbons (Fsp3) is 0.609. The van der Waals surface area contributed by atoms with Crippen LogP contribution in [0.4, 0.5) is 0 Å². The van der Waals surface area contributed by atoms with Crippen LogP contribution in [0.1, 0.15) is 51.4 Å². The van der Waals surface area contributed by atoms with Crippen molar-refractivity contribution < 1.29 is 14.3 Å². The average Bonchev–Trinajstić information content (AvgIpc) is 3.45. The Morgan fingerprint density at radius 2 is 1.97 bits per heavy atom. The molecule has 7 nitrogen and oxygen atoms in total. The lowest BCUT2D eigenvalue weighted by Gasteiger charge is -2.22. The highest BCUT2D eigenvalue weighted by atomic mass is 32.2. The molecule has 168 valence electrons. The summed E-state index contributed by atoms with van der Waals surface area (Å²) in [6, 6.07) is 8.23. The van der Waals surface area contributed by atoms with Crippen LogP contribution < -0.4 is 10.1 Å². The molecule has 1 aliphatic heterocycles. The largest absolute Gasteiger partial charge is 0.497 e. The third kappa shape index (κ3) is 6.01. The van der Waals surface area contributed by atoms with E-state index in [4.69, 9.17) is 9.47 Å². The summed E-state index contributed by atoms with van der Waals surface area (Å²) in [7, 11) is 1.66. The molecule has 2 fully saturated rings. The van der Waals surface area contributed by atoms with Crippen LogP contribution in [0.15, 0.2) is 29.4 Å². The predicted octanol–water partition coefficient (Wildman–Crippen LogP) is 4.06. The molecule has 0 spiro atoms. The Bertz CT molecular complexity index is 843. The number of methoxy groups -OCH3 is 1. The first kappa shape index (κ1) is 22.1. The Morgan fingerprint density at radius 3 is 2.68 bits per heavy atom. The van der Waals surface area contributed by atoms with Crippen LogP contribution in [0, 0.1) is 0 Å². The predicted molar refractivity (Wildman–Crippen MR) is 121 cm³/mol. The molecule has 1 aliphatic carbocycles. The summed E-state index contributed by atoms with van der Waals surface area (Å²) in [5, 5.41) is 13.0. The molecule has 1 N–H and O–H groups in total. The van der Waals surface area contributed by atoms with Crippen LogP contribution in [-0.4, -0.2) is 52.3 Å². The third-order valence-corrected chi connectivity index (χ3v) is 6.97. The van der Waals surface area contributed by atoms with E-state index in [2.05, 4.69) is 20.1 Å². The van der Waals surface area contributed by atoms with Crippen molar-refractivity contribution in [3.8, 4) is 17.1 Å². The van der Waals surface area contributed by atoms with Crippen molar-refractivity contribution in [3.05, 3.63) is 24.3 Å². The number of nitrogens with zero attached hydrogens (tertiary/aromatic N) is 3. The van der Waals surface area contributed by atoms with Crippen molar-refractivity contribution in [1.29, 1.82) is 0 Å². The molecular formula is C23H32N4O3S. The molecule has 0 bridgehead atoms. The molecule has 2 heterocycles. The lowest BCUT2D eigenvalue weighted by atomic mass is 9.95. The number of amides is 1. The lowest BCUT2D eigenvalue weighted by Crippen LogP contribution is -2.36. The fourth-order valence-corrected chi connectivity index (χ4v) is 5.17. The van der Waals surface area contributed by atoms with Crippen LogP contribution >= 0.6 is 11.8 Å². The summed E-state index contributed by atoms with van der Waals surface area (Å²) < 4.78 is 13.3. The van der Waals surface area contributed by atoms with Crippen molar-refractivity contribution in [3.63, 3.8) is 0 Å². The second-order valence-electron chi connectivity index (χ2n) is 8.28. The van der Waals surface area contributed by atoms with Gasteiger partial charge in [-0.15, -0.1) is 10.2 Å². The summed E-state index contributed by atoms with van der Waals surface area (Å²) in [6.07, 6.45) is 8.77. The van der Waals surface area contributed by atoms with Crippen molar-refractivity contribution in [1.82, 2.24) is 20.1 Å². The molecular weight excluding hydrogens is 412 g/mol. The molecule has 1 aromatic carbocycles. The van der Waals surface area contributed by atoms with Gasteiger partial charge in [-0.3, -0.25) is 9.36 Å². The zero-order chi connectivity index (χ0) is 21.5. The molecule has 31 heavy (non-hydrogen) atoms. The van der Waals surface area contributed by atoms with E-state index in [9.17, 15) is 4.79 Å². The molecule has 2 aliphatic rings. The van der Waals surface area contributed by atoms with Gasteiger partial charge in [0.15, 0.2) is 11.0 Å². The Hall–Kier alpha value is -2.06. The minimum Gasteiger partial charge on any atom is -0.497 e. The van der Waals surface area contributed by atoms with Gasteiger partial charge in [-0.25, -0.2) is 0 Å². The zero-order valence-corrected chi connectivity index (χ0v) is 19.0. The summed E-state index contributed by atoms with van der Waals surface area (Å²) >= 11 is 1.59. The minimum absolute atomic E-state index is 0.139. The van der Waals surface area contributed by atoms with Gasteiger partial charge >= 0.3 is 0 Å². The summed E-state index contributed by atoms with van der Waals surface area (Å²) in [5.74, 6) is 2.46. The van der Waals surface area contributed by atoms with Crippen LogP contribution in [0.25, 0.3) is 11.4 Å². The van der Waals surface area contributed by atoms with Gasteiger partial charge in [-0.05, 0) is 49.9 Å². The molecule has 4 rings (SSSR count). The number of hydrogen-bond acceptors (Lipinski definition) is 6. The highest BCUT2D eigenvalue weighted by Gasteiger charge is 2.22. The van der Waals surface area contributed by atoms with Crippen LogP contribution in [-0.2, 0) is 16.1 Å². The molecule has 0 radical (unpaired) electrons. The molecule has 1 aromatic heterocycles. The Morgan fingerprint density at radius 1 is 1.16 bits per heavy atom. The van der Waals surface area contributed by atoms with Gasteiger partial charge in [0.1, 0.15) is 5.75 Å². The number of benzene rings is 1. The van der Waals surface area contributed by atoms with Crippen LogP contribution in [0.5, 0.6) is 5.75 Å². The lowest BCUT2D eigenvalue weighted by molar-refractivity contribution is -0.121. The first-order chi connectivity index (χ1) is 15.2. The van der Waals surface area contributed by atoms with E-state index in [1.807, 2.05) is 24.3 Å². The number of hydrogen-bond donors (Lipinski definition) is 1. The van der Waals surface area contributed by atoms with Gasteiger partial charge in [0.25, 0.3) is 0 Å². The van der Waals surface area contributed by atoms with Crippen molar-refractivity contribution in [2.75, 3.05) is 19.5 Å². The summed E-state index contributed by atoms with van der Waals surface area (Å²) in [6.45, 7) is 1.54. The molecule has 1 unspecified atom stereocenters. The zero-order valence-electron chi connectivity index (χ0n) is 18.2. The fourth-order valence-electron chi connectivity index (χ4n) is 4.29. The van der Waals surface area contributed by atoms with E-state index < -0.39 is 0 Å². The van der Waals surface area contributed by atoms with Gasteiger partial charge in [0, 0.05) is 30.4 Å². The summed E-state index contributed by atoms with van der Waals surface area (Å²) in [4.78, 5) is 12.4. The number of carbonyl (C=O) groups excluding carboxylic acids is 1. The maximum Gasteiger partial charge on any atom is 0.221 e. The molecule has 2 aromatic rings. The van der Waals surface area contributed by atoms with E-state index >= 15 is 0 Å². The van der Waals surface area contributed by atoms with Crippen LogP contribution in [0.3, 0.4) is 0 Å². The monoisotopic (exact) mass is 444 g/mol. The van der Waals surface area contributed by atoms with E-state index in [1.165, 1.54) is 19.3 Å². The minimum atomic E-state index is 0.139. The smallest absolute Gasteiger partial charge is 0.221 e. The van der Waals surface area contributed by atoms with Gasteiger partial charge in [-0.1, -0.05) is 31.0 Å². The van der Waals surface area contributed by atoms with Gasteiger partial charge in [0.2, 0.25) is 5.91 Å². The number of rotatable bonds is 9. The van der Waals surface area contributed by atoms with E-state index in [0.29, 0.717) is 18.2 Å². The Labute approximate surface area is 188 Å². The normalized spacial score (nSPS) is 19.5. The Kier molecular flexibility index (Phi) is 7.86. The molecule has 1 saturated carbocycles. The van der Waals surface area contributed by atoms with E-state index in [-0.39, 0.29) is 12.0 Å². The Balaban J connectivity index is 1.40. The topological polar surface area (TPSA) is 78.3 Å². The van der Waals surface area contributed by atoms with Gasteiger partial charge < -0.3 is 14.8 Å². The van der Waals surface area contributed by atoms with Crippen molar-refractivity contribution in [2.24, 2.45) is 0 Å². The molecule has 1 amide bonds. The molecule has 1 atom stereocenters. The van der Waals surface area contributed by atoms with E-state index in [0.717, 1.165) is 61.1 Å². The number of carbonyl (C=O) groups is 1. The maximum atomic E-state index is 12.4. The van der Waals surface area contributed by atoms with Crippen molar-refractivity contribution in [2.45, 2.75) is 75.2 Å². The van der Waals surface area contributed by atoms with Crippen LogP contribution in [0.2, 0.25) is 0 Å². The second-order valence-corrected chi connectivity index (χ2v) is 9.34. The SMILES string of the molecule is COc1ccc(-c2nnc(SCCC(=O)NC3CCCCC3)n2CC2CCCO2)cc1. The number of aromatic nitrogens is 3. The maximum absolute atomic E-state index is 12.4. The first-order valence-corrected chi connectivity index (χ1v) is 12.3. The molecule has 8 heteroatoms. The van der Waals surface area contributed by atoms with Crippen molar-refractivity contribution >= 4 is 17.7 Å². The third-order valence-electron chi connectivity index (χ3n) is 6.01.